The fourth-order valence-corrected chi connectivity index (χ4v) is 6.70. The molecule has 1 radical (unpaired) electrons. The van der Waals surface area contributed by atoms with Gasteiger partial charge in [0, 0.05) is 37.9 Å². The molecule has 3 aliphatic heterocycles. The van der Waals surface area contributed by atoms with Crippen LogP contribution < -0.4 is 51.4 Å². The van der Waals surface area contributed by atoms with Crippen molar-refractivity contribution in [1.29, 1.82) is 0 Å². The van der Waals surface area contributed by atoms with E-state index >= 15 is 0 Å². The Kier molecular flexibility index (Phi) is 27.6. The van der Waals surface area contributed by atoms with E-state index in [-0.39, 0.29) is 93.1 Å². The Labute approximate surface area is 342 Å². The summed E-state index contributed by atoms with van der Waals surface area (Å²) >= 11 is 13.2. The minimum atomic E-state index is 0. The molecule has 2 fully saturated rings. The van der Waals surface area contributed by atoms with E-state index in [0.717, 1.165) is 46.4 Å². The Bertz CT molecular complexity index is 763. The van der Waals surface area contributed by atoms with E-state index in [2.05, 4.69) is 69.2 Å². The summed E-state index contributed by atoms with van der Waals surface area (Å²) in [7, 11) is 0. The van der Waals surface area contributed by atoms with Crippen molar-refractivity contribution in [3.63, 3.8) is 0 Å². The van der Waals surface area contributed by atoms with Gasteiger partial charge >= 0.3 is 93.1 Å². The quantitative estimate of drug-likeness (QED) is 0.180. The van der Waals surface area contributed by atoms with Crippen LogP contribution in [0.2, 0.25) is 0 Å². The maximum atomic E-state index is 4.94. The fourth-order valence-electron chi connectivity index (χ4n) is 4.22. The van der Waals surface area contributed by atoms with Crippen molar-refractivity contribution in [2.24, 2.45) is 0 Å². The maximum Gasteiger partial charge on any atom is 3.00 e. The van der Waals surface area contributed by atoms with Crippen LogP contribution in [0.25, 0.3) is 0 Å². The summed E-state index contributed by atoms with van der Waals surface area (Å²) in [6.45, 7) is 26.0. The molecule has 5 rings (SSSR count). The largest absolute Gasteiger partial charge is 3.00 e. The van der Waals surface area contributed by atoms with Crippen LogP contribution in [0.5, 0.6) is 0 Å². The first-order valence-corrected chi connectivity index (χ1v) is 16.6. The molecule has 0 aromatic heterocycles. The molecule has 0 bridgehead atoms. The van der Waals surface area contributed by atoms with E-state index in [1.807, 2.05) is 0 Å². The number of hydrogen-bond acceptors (Lipinski definition) is 6. The average Bonchev–Trinajstić information content (AvgIpc) is 3.74. The van der Waals surface area contributed by atoms with Gasteiger partial charge in [-0.25, -0.2) is 0 Å². The monoisotopic (exact) mass is 773 g/mol. The van der Waals surface area contributed by atoms with Gasteiger partial charge in [0.15, 0.2) is 0 Å². The molecule has 3 heterocycles. The zero-order valence-corrected chi connectivity index (χ0v) is 36.5. The van der Waals surface area contributed by atoms with Crippen molar-refractivity contribution in [3.05, 3.63) is 64.1 Å². The van der Waals surface area contributed by atoms with E-state index in [0.29, 0.717) is 0 Å². The van der Waals surface area contributed by atoms with Gasteiger partial charge in [0.25, 0.3) is 0 Å². The van der Waals surface area contributed by atoms with Crippen LogP contribution in [0.3, 0.4) is 0 Å². The van der Waals surface area contributed by atoms with Gasteiger partial charge < -0.3 is 34.7 Å². The second kappa shape index (κ2) is 24.7. The topological polar surface area (TPSA) is 18.5 Å². The molecule has 2 nitrogen and oxygen atoms in total. The molecule has 0 spiro atoms. The van der Waals surface area contributed by atoms with Crippen molar-refractivity contribution in [2.45, 2.75) is 94.9 Å². The first-order chi connectivity index (χ1) is 17.9. The minimum Gasteiger partial charge on any atom is -0.774 e. The van der Waals surface area contributed by atoms with Crippen molar-refractivity contribution in [1.82, 2.24) is 0 Å². The van der Waals surface area contributed by atoms with Gasteiger partial charge in [-0.05, 0) is 25.7 Å². The smallest absolute Gasteiger partial charge is 0.774 e. The molecule has 40 heavy (non-hydrogen) atoms. The van der Waals surface area contributed by atoms with Gasteiger partial charge in [-0.15, -0.1) is 0 Å². The van der Waals surface area contributed by atoms with Crippen molar-refractivity contribution < 1.29 is 103 Å². The molecule has 219 valence electrons. The molecule has 0 aliphatic carbocycles. The zero-order chi connectivity index (χ0) is 28.8. The molecule has 8 heteroatoms. The molecule has 0 unspecified atom stereocenters. The third kappa shape index (κ3) is 15.7. The number of hydrogen-bond donors (Lipinski definition) is 0. The van der Waals surface area contributed by atoms with E-state index in [1.54, 1.807) is 23.5 Å². The molecule has 2 saturated heterocycles. The van der Waals surface area contributed by atoms with Crippen molar-refractivity contribution in [2.75, 3.05) is 37.9 Å². The average molecular weight is 774 g/mol. The second-order valence-electron chi connectivity index (χ2n) is 10.2. The normalized spacial score (nSPS) is 15.6. The van der Waals surface area contributed by atoms with Crippen LogP contribution in [-0.4, -0.2) is 37.9 Å². The Hall–Kier alpha value is 2.51. The summed E-state index contributed by atoms with van der Waals surface area (Å²) in [6.07, 6.45) is 5.11. The van der Waals surface area contributed by atoms with E-state index in [1.165, 1.54) is 81.3 Å². The summed E-state index contributed by atoms with van der Waals surface area (Å²) in [4.78, 5) is 0. The summed E-state index contributed by atoms with van der Waals surface area (Å²) in [5, 5.41) is 0. The van der Waals surface area contributed by atoms with E-state index in [4.69, 9.17) is 34.7 Å². The third-order valence-corrected chi connectivity index (χ3v) is 11.6. The summed E-state index contributed by atoms with van der Waals surface area (Å²) in [5.74, 6) is 2.26. The van der Waals surface area contributed by atoms with Gasteiger partial charge in [-0.2, -0.15) is 87.6 Å². The molecule has 2 aromatic rings. The number of rotatable bonds is 0. The minimum absolute atomic E-state index is 0. The summed E-state index contributed by atoms with van der Waals surface area (Å²) in [5.41, 5.74) is 14.7. The van der Waals surface area contributed by atoms with Crippen LogP contribution in [0, 0.1) is 111 Å². The molecule has 0 atom stereocenters. The first kappa shape index (κ1) is 44.6. The van der Waals surface area contributed by atoms with Gasteiger partial charge in [0.1, 0.15) is 0 Å². The maximum absolute atomic E-state index is 4.94. The van der Waals surface area contributed by atoms with Crippen molar-refractivity contribution in [3.8, 4) is 0 Å². The van der Waals surface area contributed by atoms with Gasteiger partial charge in [0.05, 0.1) is 0 Å². The van der Waals surface area contributed by atoms with Crippen LogP contribution >= 0.6 is 23.5 Å². The molecular weight excluding hydrogens is 724 g/mol. The Morgan fingerprint density at radius 1 is 0.525 bits per heavy atom. The molecule has 0 saturated carbocycles. The first-order valence-electron chi connectivity index (χ1n) is 13.8. The molecule has 3 aliphatic rings. The number of ether oxygens (including phenoxy) is 2. The molecular formula is C32H50CeKO2S4. The van der Waals surface area contributed by atoms with Crippen LogP contribution in [-0.2, 0) is 34.7 Å². The predicted octanol–water partition coefficient (Wildman–Crippen LogP) is 6.18. The third-order valence-electron chi connectivity index (χ3n) is 8.00. The Morgan fingerprint density at radius 3 is 0.850 bits per heavy atom. The summed E-state index contributed by atoms with van der Waals surface area (Å²) < 4.78 is 11.7. The molecule has 0 N–H and O–H groups in total. The van der Waals surface area contributed by atoms with Gasteiger partial charge in [-0.3, -0.25) is 0 Å². The molecule has 2 aromatic carbocycles. The Morgan fingerprint density at radius 2 is 0.750 bits per heavy atom. The number of thioether (sulfide) groups is 2. The van der Waals surface area contributed by atoms with Crippen LogP contribution in [0.1, 0.15) is 81.3 Å². The van der Waals surface area contributed by atoms with E-state index in [9.17, 15) is 0 Å². The van der Waals surface area contributed by atoms with E-state index < -0.39 is 0 Å². The van der Waals surface area contributed by atoms with Gasteiger partial charge in [0.2, 0.25) is 0 Å². The van der Waals surface area contributed by atoms with Crippen LogP contribution in [0.15, 0.2) is 8.47 Å². The van der Waals surface area contributed by atoms with Gasteiger partial charge in [-0.1, -0.05) is 69.2 Å². The Balaban J connectivity index is 0. The fraction of sp³-hybridized carbons (Fsp3) is 0.625. The van der Waals surface area contributed by atoms with Crippen molar-refractivity contribution >= 4 is 48.8 Å². The zero-order valence-electron chi connectivity index (χ0n) is 27.0. The predicted molar refractivity (Wildman–Crippen MR) is 178 cm³/mol. The summed E-state index contributed by atoms with van der Waals surface area (Å²) in [6, 6.07) is 0. The molecule has 0 amide bonds. The second-order valence-corrected chi connectivity index (χ2v) is 13.7. The standard InChI is InChI=1S/2C10H15.2C4H8O.C4H6S4.Ce.K/c2*1-6-7(2)9(4)10(5)8(6)3;2*1-2-4-5-3-1;5-3-4(6)8-2-1-7-3;;/h2*1-5H3;2*1-4H2;5-6H,1-2H2;;/q2*-1;;;;+3;+1/p-2. The van der Waals surface area contributed by atoms with Crippen LogP contribution in [0.4, 0.5) is 0 Å². The SMILES string of the molecule is C1CCOC1.C1CCOC1.Cc1c(C)c(C)[c-](C)c1C.Cc1c(C)c(C)[c-](C)c1C.[Ce+3].[K+].[S-]C1=C([S-])SCCS1.